The molecule has 0 aliphatic heterocycles. The highest BCUT2D eigenvalue weighted by molar-refractivity contribution is 5.76. The quantitative estimate of drug-likeness (QED) is 0.311. The first-order valence-corrected chi connectivity index (χ1v) is 10.2. The summed E-state index contributed by atoms with van der Waals surface area (Å²) in [7, 11) is 2.21. The molecule has 0 fully saturated rings. The number of nitrogens with two attached hydrogens (primary N) is 1. The molecule has 2 N–H and O–H groups in total. The number of methoxy groups -OCH3 is 2. The highest BCUT2D eigenvalue weighted by Crippen LogP contribution is 2.29. The summed E-state index contributed by atoms with van der Waals surface area (Å²) < 4.78 is 33.8. The number of hydrogen-bond donors (Lipinski definition) is 1. The molecule has 2 aromatic rings. The molecule has 0 unspecified atom stereocenters. The zero-order valence-electron chi connectivity index (χ0n) is 19.3. The fourth-order valence-corrected chi connectivity index (χ4v) is 2.56. The number of para-hydroxylation sites is 1. The molecular formula is C23H25NO11. The summed E-state index contributed by atoms with van der Waals surface area (Å²) in [6, 6.07) is 11.4. The Morgan fingerprint density at radius 2 is 1.46 bits per heavy atom. The molecule has 12 heteroatoms. The lowest BCUT2D eigenvalue weighted by Gasteiger charge is -2.17. The van der Waals surface area contributed by atoms with E-state index in [2.05, 4.69) is 9.47 Å². The molecule has 0 heterocycles. The smallest absolute Gasteiger partial charge is 0.458 e. The first-order chi connectivity index (χ1) is 16.7. The molecular weight excluding hydrogens is 466 g/mol. The van der Waals surface area contributed by atoms with Gasteiger partial charge >= 0.3 is 24.4 Å². The molecule has 0 aromatic heterocycles. The molecule has 35 heavy (non-hydrogen) atoms. The van der Waals surface area contributed by atoms with Gasteiger partial charge in [0.15, 0.2) is 11.5 Å². The van der Waals surface area contributed by atoms with Crippen molar-refractivity contribution in [2.45, 2.75) is 25.5 Å². The first kappa shape index (κ1) is 26.9. The first-order valence-electron chi connectivity index (χ1n) is 10.2. The normalized spacial score (nSPS) is 11.9. The Balaban J connectivity index is 1.91. The van der Waals surface area contributed by atoms with Crippen LogP contribution in [-0.4, -0.2) is 57.4 Å². The topological polar surface area (TPSA) is 159 Å². The maximum absolute atomic E-state index is 12.3. The second-order valence-electron chi connectivity index (χ2n) is 6.93. The van der Waals surface area contributed by atoms with Gasteiger partial charge in [0.1, 0.15) is 24.5 Å². The van der Waals surface area contributed by atoms with E-state index >= 15 is 0 Å². The molecule has 0 bridgehead atoms. The average molecular weight is 491 g/mol. The summed E-state index contributed by atoms with van der Waals surface area (Å²) in [5.41, 5.74) is 6.39. The van der Waals surface area contributed by atoms with Crippen LogP contribution in [0.4, 0.5) is 14.4 Å². The minimum atomic E-state index is -1.10. The van der Waals surface area contributed by atoms with Crippen LogP contribution in [0.3, 0.4) is 0 Å². The van der Waals surface area contributed by atoms with Gasteiger partial charge in [-0.2, -0.15) is 0 Å². The standard InChI is InChI=1S/C23H25NO11/c1-14(13-31-23(28)33-16-7-5-4-6-8-16)32-20(25)17(24)11-15-9-10-18(34-21(26)29-2)19(12-15)35-22(27)30-3/h4-10,12,14,17H,11,13,24H2,1-3H3/t14-,17-/m0/s1. The summed E-state index contributed by atoms with van der Waals surface area (Å²) in [5, 5.41) is 0. The number of hydrogen-bond acceptors (Lipinski definition) is 12. The zero-order valence-corrected chi connectivity index (χ0v) is 19.3. The van der Waals surface area contributed by atoms with Crippen LogP contribution < -0.4 is 19.9 Å². The Morgan fingerprint density at radius 1 is 0.829 bits per heavy atom. The predicted molar refractivity (Wildman–Crippen MR) is 118 cm³/mol. The number of carbonyl (C=O) groups is 4. The predicted octanol–water partition coefficient (Wildman–Crippen LogP) is 2.99. The van der Waals surface area contributed by atoms with E-state index < -0.39 is 36.6 Å². The number of ether oxygens (including phenoxy) is 7. The number of rotatable bonds is 9. The Bertz CT molecular complexity index is 1030. The van der Waals surface area contributed by atoms with Gasteiger partial charge in [0.2, 0.25) is 0 Å². The minimum absolute atomic E-state index is 0.0154. The summed E-state index contributed by atoms with van der Waals surface area (Å²) in [6.07, 6.45) is -3.85. The highest BCUT2D eigenvalue weighted by Gasteiger charge is 2.22. The van der Waals surface area contributed by atoms with Crippen molar-refractivity contribution in [2.24, 2.45) is 5.73 Å². The number of carbonyl (C=O) groups excluding carboxylic acids is 4. The van der Waals surface area contributed by atoms with Gasteiger partial charge in [-0.15, -0.1) is 0 Å². The molecule has 2 rings (SSSR count). The largest absolute Gasteiger partial charge is 0.513 e. The lowest BCUT2D eigenvalue weighted by Crippen LogP contribution is -2.37. The SMILES string of the molecule is COC(=O)Oc1ccc(C[C@H](N)C(=O)O[C@@H](C)COC(=O)Oc2ccccc2)cc1OC(=O)OC. The van der Waals surface area contributed by atoms with E-state index in [9.17, 15) is 19.2 Å². The molecule has 0 radical (unpaired) electrons. The molecule has 188 valence electrons. The second-order valence-corrected chi connectivity index (χ2v) is 6.93. The molecule has 0 aliphatic rings. The van der Waals surface area contributed by atoms with E-state index in [0.29, 0.717) is 11.3 Å². The lowest BCUT2D eigenvalue weighted by molar-refractivity contribution is -0.151. The van der Waals surface area contributed by atoms with E-state index in [1.807, 2.05) is 0 Å². The van der Waals surface area contributed by atoms with Crippen molar-refractivity contribution < 1.29 is 52.3 Å². The molecule has 0 spiro atoms. The van der Waals surface area contributed by atoms with E-state index in [1.165, 1.54) is 25.1 Å². The molecule has 2 atom stereocenters. The van der Waals surface area contributed by atoms with Crippen molar-refractivity contribution in [1.29, 1.82) is 0 Å². The van der Waals surface area contributed by atoms with Crippen molar-refractivity contribution in [1.82, 2.24) is 0 Å². The van der Waals surface area contributed by atoms with Crippen LogP contribution in [-0.2, 0) is 30.2 Å². The van der Waals surface area contributed by atoms with Crippen molar-refractivity contribution >= 4 is 24.4 Å². The Morgan fingerprint density at radius 3 is 2.09 bits per heavy atom. The molecule has 0 saturated heterocycles. The van der Waals surface area contributed by atoms with Crippen molar-refractivity contribution in [2.75, 3.05) is 20.8 Å². The molecule has 2 aromatic carbocycles. The van der Waals surface area contributed by atoms with Gasteiger partial charge in [0, 0.05) is 0 Å². The van der Waals surface area contributed by atoms with Crippen molar-refractivity contribution in [3.63, 3.8) is 0 Å². The van der Waals surface area contributed by atoms with Crippen LogP contribution in [0.1, 0.15) is 12.5 Å². The number of benzene rings is 2. The van der Waals surface area contributed by atoms with Crippen molar-refractivity contribution in [3.05, 3.63) is 54.1 Å². The van der Waals surface area contributed by atoms with Crippen LogP contribution in [0, 0.1) is 0 Å². The fraction of sp³-hybridized carbons (Fsp3) is 0.304. The third kappa shape index (κ3) is 9.21. The van der Waals surface area contributed by atoms with Gasteiger partial charge in [-0.05, 0) is 43.2 Å². The van der Waals surface area contributed by atoms with Crippen LogP contribution in [0.2, 0.25) is 0 Å². The van der Waals surface area contributed by atoms with Crippen LogP contribution >= 0.6 is 0 Å². The van der Waals surface area contributed by atoms with Gasteiger partial charge < -0.3 is 38.9 Å². The minimum Gasteiger partial charge on any atom is -0.458 e. The molecule has 0 saturated carbocycles. The lowest BCUT2D eigenvalue weighted by atomic mass is 10.1. The summed E-state index contributed by atoms with van der Waals surface area (Å²) in [6.45, 7) is 1.27. The molecule has 0 aliphatic carbocycles. The molecule has 12 nitrogen and oxygen atoms in total. The fourth-order valence-electron chi connectivity index (χ4n) is 2.56. The van der Waals surface area contributed by atoms with Gasteiger partial charge in [0.05, 0.1) is 14.2 Å². The zero-order chi connectivity index (χ0) is 25.8. The monoisotopic (exact) mass is 491 g/mol. The highest BCUT2D eigenvalue weighted by atomic mass is 16.7. The summed E-state index contributed by atoms with van der Waals surface area (Å²) >= 11 is 0. The van der Waals surface area contributed by atoms with E-state index in [0.717, 1.165) is 14.2 Å². The second kappa shape index (κ2) is 13.4. The summed E-state index contributed by atoms with van der Waals surface area (Å²) in [4.78, 5) is 47.0. The van der Waals surface area contributed by atoms with Gasteiger partial charge in [0.25, 0.3) is 0 Å². The van der Waals surface area contributed by atoms with Gasteiger partial charge in [-0.3, -0.25) is 4.79 Å². The van der Waals surface area contributed by atoms with Crippen LogP contribution in [0.5, 0.6) is 17.2 Å². The van der Waals surface area contributed by atoms with E-state index in [-0.39, 0.29) is 24.5 Å². The maximum Gasteiger partial charge on any atom is 0.513 e. The third-order valence-corrected chi connectivity index (χ3v) is 4.18. The summed E-state index contributed by atoms with van der Waals surface area (Å²) in [5.74, 6) is -0.722. The van der Waals surface area contributed by atoms with Crippen LogP contribution in [0.15, 0.2) is 48.5 Å². The van der Waals surface area contributed by atoms with Gasteiger partial charge in [-0.1, -0.05) is 24.3 Å². The van der Waals surface area contributed by atoms with E-state index in [1.54, 1.807) is 30.3 Å². The van der Waals surface area contributed by atoms with Crippen molar-refractivity contribution in [3.8, 4) is 17.2 Å². The maximum atomic E-state index is 12.3. The molecule has 0 amide bonds. The Labute approximate surface area is 200 Å². The third-order valence-electron chi connectivity index (χ3n) is 4.18. The number of esters is 1. The Kier molecular flexibility index (Phi) is 10.3. The average Bonchev–Trinajstić information content (AvgIpc) is 2.84. The van der Waals surface area contributed by atoms with E-state index in [4.69, 9.17) is 29.4 Å². The van der Waals surface area contributed by atoms with Gasteiger partial charge in [-0.25, -0.2) is 14.4 Å². The Hall–Kier alpha value is -4.32. The van der Waals surface area contributed by atoms with Crippen LogP contribution in [0.25, 0.3) is 0 Å².